The maximum Gasteiger partial charge on any atom is 0.311 e. The summed E-state index contributed by atoms with van der Waals surface area (Å²) in [6.45, 7) is 12.2. The molecule has 1 aromatic heterocycles. The van der Waals surface area contributed by atoms with E-state index < -0.39 is 5.41 Å². The largest absolute Gasteiger partial charge is 0.871 e. The molecule has 7 heteroatoms. The molecule has 0 spiro atoms. The van der Waals surface area contributed by atoms with Crippen LogP contribution in [-0.2, 0) is 20.9 Å². The van der Waals surface area contributed by atoms with E-state index in [-0.39, 0.29) is 28.7 Å². The number of carbonyl (C=O) groups excluding carboxylic acids is 2. The van der Waals surface area contributed by atoms with Crippen LogP contribution < -0.4 is 14.6 Å². The molecule has 0 saturated carbocycles. The van der Waals surface area contributed by atoms with E-state index in [1.807, 2.05) is 70.2 Å². The Morgan fingerprint density at radius 2 is 1.81 bits per heavy atom. The van der Waals surface area contributed by atoms with E-state index in [4.69, 9.17) is 4.74 Å². The van der Waals surface area contributed by atoms with Crippen molar-refractivity contribution in [1.29, 1.82) is 0 Å². The van der Waals surface area contributed by atoms with Crippen LogP contribution in [0.5, 0.6) is 0 Å². The highest BCUT2D eigenvalue weighted by Crippen LogP contribution is 2.37. The molecule has 4 rings (SSSR count). The standard InChI is InChI=1S/C30H34N2O4S/c1-6-30(4,5)29(35)36-18-17-31(7-2)21-15-13-20(14-16-21)26-27(33)22(28(26)34)19-25-32(8-3)23-11-9-10-12-24(23)37-25/h9-16,19H,6-8,17-18H2,1-5H3. The van der Waals surface area contributed by atoms with E-state index in [0.717, 1.165) is 40.4 Å². The number of allylic oxidation sites excluding steroid dienone is 2. The summed E-state index contributed by atoms with van der Waals surface area (Å²) < 4.78 is 8.73. The summed E-state index contributed by atoms with van der Waals surface area (Å²) in [6, 6.07) is 15.5. The normalized spacial score (nSPS) is 14.8. The fraction of sp³-hybridized carbons (Fsp3) is 0.367. The zero-order chi connectivity index (χ0) is 26.7. The van der Waals surface area contributed by atoms with Crippen LogP contribution in [-0.4, -0.2) is 31.4 Å². The lowest BCUT2D eigenvalue weighted by molar-refractivity contribution is -0.665. The number of hydrogen-bond acceptors (Lipinski definition) is 6. The van der Waals surface area contributed by atoms with Crippen LogP contribution >= 0.6 is 11.3 Å². The number of hydrogen-bond donors (Lipinski definition) is 0. The van der Waals surface area contributed by atoms with Crippen LogP contribution in [0.2, 0.25) is 0 Å². The average Bonchev–Trinajstić information content (AvgIpc) is 3.27. The number of carbonyl (C=O) groups is 2. The van der Waals surface area contributed by atoms with Crippen LogP contribution in [0.15, 0.2) is 59.9 Å². The molecule has 0 fully saturated rings. The lowest BCUT2D eigenvalue weighted by Gasteiger charge is -2.30. The summed E-state index contributed by atoms with van der Waals surface area (Å²) in [5.74, 6) is -0.616. The highest BCUT2D eigenvalue weighted by Gasteiger charge is 2.30. The van der Waals surface area contributed by atoms with Crippen LogP contribution in [0, 0.1) is 5.41 Å². The van der Waals surface area contributed by atoms with Crippen LogP contribution in [0.1, 0.15) is 51.6 Å². The quantitative estimate of drug-likeness (QED) is 0.220. The Balaban J connectivity index is 1.48. The van der Waals surface area contributed by atoms with Crippen molar-refractivity contribution < 1.29 is 24.0 Å². The molecule has 1 aliphatic rings. The zero-order valence-electron chi connectivity index (χ0n) is 22.2. The minimum absolute atomic E-state index is 0.191. The smallest absolute Gasteiger partial charge is 0.311 e. The molecular weight excluding hydrogens is 484 g/mol. The molecule has 0 N–H and O–H groups in total. The Morgan fingerprint density at radius 3 is 2.43 bits per heavy atom. The number of Topliss-reactive ketones (excluding diaryl/α,β-unsaturated/α-hetero) is 1. The van der Waals surface area contributed by atoms with Gasteiger partial charge in [0.25, 0.3) is 5.01 Å². The predicted molar refractivity (Wildman–Crippen MR) is 147 cm³/mol. The van der Waals surface area contributed by atoms with Gasteiger partial charge in [-0.3, -0.25) is 9.59 Å². The van der Waals surface area contributed by atoms with E-state index in [0.29, 0.717) is 18.7 Å². The number of aryl methyl sites for hydroxylation is 1. The molecular formula is C30H34N2O4S. The molecule has 0 amide bonds. The van der Waals surface area contributed by atoms with Crippen LogP contribution in [0.4, 0.5) is 5.69 Å². The molecule has 194 valence electrons. The number of aromatic nitrogens is 1. The van der Waals surface area contributed by atoms with Gasteiger partial charge in [0.1, 0.15) is 17.9 Å². The molecule has 6 nitrogen and oxygen atoms in total. The van der Waals surface area contributed by atoms with Gasteiger partial charge in [-0.15, -0.1) is 0 Å². The monoisotopic (exact) mass is 518 g/mol. The first-order valence-electron chi connectivity index (χ1n) is 12.8. The Labute approximate surface area is 222 Å². The molecule has 0 aliphatic heterocycles. The summed E-state index contributed by atoms with van der Waals surface area (Å²) in [4.78, 5) is 27.3. The third-order valence-corrected chi connectivity index (χ3v) is 8.21. The zero-order valence-corrected chi connectivity index (χ0v) is 23.0. The number of rotatable bonds is 10. The van der Waals surface area contributed by atoms with E-state index in [1.165, 1.54) is 0 Å². The van der Waals surface area contributed by atoms with Gasteiger partial charge in [0.05, 0.1) is 12.0 Å². The lowest BCUT2D eigenvalue weighted by Crippen LogP contribution is -2.35. The average molecular weight is 519 g/mol. The Hall–Kier alpha value is -3.45. The third-order valence-electron chi connectivity index (χ3n) is 7.10. The number of thiazole rings is 1. The topological polar surface area (TPSA) is 73.5 Å². The van der Waals surface area contributed by atoms with Gasteiger partial charge < -0.3 is 14.7 Å². The van der Waals surface area contributed by atoms with Gasteiger partial charge in [-0.2, -0.15) is 4.57 Å². The molecule has 2 aromatic carbocycles. The SMILES string of the molecule is CCN(CCOC(=O)C(C)(C)CC)c1ccc(C2=C([O-])C(=Cc3sc4ccccc4[n+]3CC)C2=O)cc1. The summed E-state index contributed by atoms with van der Waals surface area (Å²) >= 11 is 1.58. The van der Waals surface area contributed by atoms with Gasteiger partial charge in [0.15, 0.2) is 5.78 Å². The Kier molecular flexibility index (Phi) is 7.83. The van der Waals surface area contributed by atoms with Crippen molar-refractivity contribution in [3.63, 3.8) is 0 Å². The first-order valence-corrected chi connectivity index (χ1v) is 13.7. The maximum absolute atomic E-state index is 13.0. The molecule has 0 saturated heterocycles. The van der Waals surface area contributed by atoms with Gasteiger partial charge in [0.2, 0.25) is 5.52 Å². The van der Waals surface area contributed by atoms with Crippen molar-refractivity contribution in [2.45, 2.75) is 47.6 Å². The summed E-state index contributed by atoms with van der Waals surface area (Å²) in [5.41, 5.74) is 2.66. The van der Waals surface area contributed by atoms with Gasteiger partial charge in [-0.05, 0) is 57.9 Å². The third kappa shape index (κ3) is 5.18. The van der Waals surface area contributed by atoms with Gasteiger partial charge in [-0.1, -0.05) is 48.3 Å². The van der Waals surface area contributed by atoms with E-state index in [2.05, 4.69) is 22.5 Å². The van der Waals surface area contributed by atoms with Crippen molar-refractivity contribution in [3.05, 3.63) is 70.4 Å². The number of nitrogens with zero attached hydrogens (tertiary/aromatic N) is 2. The maximum atomic E-state index is 13.0. The highest BCUT2D eigenvalue weighted by molar-refractivity contribution is 7.18. The Bertz CT molecular complexity index is 1380. The highest BCUT2D eigenvalue weighted by atomic mass is 32.1. The second kappa shape index (κ2) is 10.9. The number of benzene rings is 2. The minimum atomic E-state index is -0.487. The minimum Gasteiger partial charge on any atom is -0.871 e. The lowest BCUT2D eigenvalue weighted by atomic mass is 9.83. The number of likely N-dealkylation sites (N-methyl/N-ethyl adjacent to an activating group) is 1. The number of ketones is 1. The summed E-state index contributed by atoms with van der Waals surface area (Å²) in [7, 11) is 0. The number of fused-ring (bicyclic) bond motifs is 1. The summed E-state index contributed by atoms with van der Waals surface area (Å²) in [5, 5.41) is 13.9. The van der Waals surface area contributed by atoms with Gasteiger partial charge in [0, 0.05) is 35.5 Å². The fourth-order valence-corrected chi connectivity index (χ4v) is 5.48. The number of esters is 1. The van der Waals surface area contributed by atoms with Gasteiger partial charge in [-0.25, -0.2) is 0 Å². The predicted octanol–water partition coefficient (Wildman–Crippen LogP) is 4.75. The van der Waals surface area contributed by atoms with Crippen molar-refractivity contribution >= 4 is 50.6 Å². The molecule has 3 aromatic rings. The van der Waals surface area contributed by atoms with Crippen molar-refractivity contribution in [2.75, 3.05) is 24.6 Å². The van der Waals surface area contributed by atoms with E-state index in [1.54, 1.807) is 17.4 Å². The first-order chi connectivity index (χ1) is 17.7. The van der Waals surface area contributed by atoms with E-state index >= 15 is 0 Å². The molecule has 0 atom stereocenters. The number of anilines is 1. The molecule has 0 radical (unpaired) electrons. The second-order valence-electron chi connectivity index (χ2n) is 9.74. The van der Waals surface area contributed by atoms with Crippen LogP contribution in [0.3, 0.4) is 0 Å². The first kappa shape index (κ1) is 26.6. The van der Waals surface area contributed by atoms with Crippen molar-refractivity contribution in [2.24, 2.45) is 5.41 Å². The molecule has 37 heavy (non-hydrogen) atoms. The van der Waals surface area contributed by atoms with Crippen molar-refractivity contribution in [1.82, 2.24) is 0 Å². The number of ether oxygens (including phenoxy) is 1. The molecule has 1 heterocycles. The Morgan fingerprint density at radius 1 is 1.11 bits per heavy atom. The summed E-state index contributed by atoms with van der Waals surface area (Å²) in [6.07, 6.45) is 2.46. The molecule has 0 unspecified atom stereocenters. The van der Waals surface area contributed by atoms with Crippen molar-refractivity contribution in [3.8, 4) is 0 Å². The number of para-hydroxylation sites is 1. The fourth-order valence-electron chi connectivity index (χ4n) is 4.31. The van der Waals surface area contributed by atoms with E-state index in [9.17, 15) is 14.7 Å². The van der Waals surface area contributed by atoms with Crippen LogP contribution in [0.25, 0.3) is 21.9 Å². The van der Waals surface area contributed by atoms with Gasteiger partial charge >= 0.3 is 5.97 Å². The molecule has 0 bridgehead atoms. The molecule has 1 aliphatic carbocycles. The second-order valence-corrected chi connectivity index (χ2v) is 10.8.